The van der Waals surface area contributed by atoms with Gasteiger partial charge in [0, 0.05) is 48.9 Å². The molecule has 1 aromatic heterocycles. The van der Waals surface area contributed by atoms with Crippen LogP contribution < -0.4 is 5.32 Å². The maximum absolute atomic E-state index is 4.22. The Bertz CT molecular complexity index is 406. The van der Waals surface area contributed by atoms with Gasteiger partial charge >= 0.3 is 0 Å². The highest BCUT2D eigenvalue weighted by atomic mass is 32.2. The average Bonchev–Trinajstić information content (AvgIpc) is 2.86. The van der Waals surface area contributed by atoms with Crippen molar-refractivity contribution in [3.8, 4) is 0 Å². The van der Waals surface area contributed by atoms with Gasteiger partial charge in [-0.3, -0.25) is 9.58 Å². The van der Waals surface area contributed by atoms with Crippen molar-refractivity contribution in [1.29, 1.82) is 0 Å². The van der Waals surface area contributed by atoms with Crippen molar-refractivity contribution in [1.82, 2.24) is 25.2 Å². The summed E-state index contributed by atoms with van der Waals surface area (Å²) in [5.74, 6) is 1.24. The molecule has 0 radical (unpaired) electrons. The first-order chi connectivity index (χ1) is 9.56. The number of rotatable bonds is 6. The highest BCUT2D eigenvalue weighted by Gasteiger charge is 2.24. The molecule has 1 aromatic rings. The molecule has 2 atom stereocenters. The molecular weight excluding hydrogens is 270 g/mol. The predicted octanol–water partition coefficient (Wildman–Crippen LogP) is 1.60. The van der Waals surface area contributed by atoms with E-state index in [4.69, 9.17) is 0 Å². The molecule has 114 valence electrons. The van der Waals surface area contributed by atoms with Gasteiger partial charge in [0.25, 0.3) is 0 Å². The second-order valence-corrected chi connectivity index (χ2v) is 7.35. The van der Waals surface area contributed by atoms with Gasteiger partial charge in [-0.15, -0.1) is 5.10 Å². The number of hydrogen-bond donors (Lipinski definition) is 1. The van der Waals surface area contributed by atoms with Gasteiger partial charge in [-0.2, -0.15) is 11.8 Å². The standard InChI is InChI=1S/C14H27N5S/c1-11(2)15-9-14-10-19(17-16-14)6-5-18-7-8-20-13(4)12(18)3/h10-13,15H,5-9H2,1-4H3. The molecule has 1 fully saturated rings. The average molecular weight is 297 g/mol. The summed E-state index contributed by atoms with van der Waals surface area (Å²) >= 11 is 2.08. The highest BCUT2D eigenvalue weighted by molar-refractivity contribution is 8.00. The second-order valence-electron chi connectivity index (χ2n) is 5.86. The van der Waals surface area contributed by atoms with Gasteiger partial charge in [-0.25, -0.2) is 0 Å². The minimum atomic E-state index is 0.480. The maximum Gasteiger partial charge on any atom is 0.0964 e. The van der Waals surface area contributed by atoms with E-state index >= 15 is 0 Å². The van der Waals surface area contributed by atoms with Gasteiger partial charge < -0.3 is 5.32 Å². The molecule has 0 aliphatic carbocycles. The van der Waals surface area contributed by atoms with E-state index in [0.29, 0.717) is 12.1 Å². The summed E-state index contributed by atoms with van der Waals surface area (Å²) in [5, 5.41) is 12.5. The van der Waals surface area contributed by atoms with Crippen LogP contribution in [0.4, 0.5) is 0 Å². The van der Waals surface area contributed by atoms with E-state index in [1.54, 1.807) is 0 Å². The lowest BCUT2D eigenvalue weighted by Crippen LogP contribution is -2.45. The van der Waals surface area contributed by atoms with Gasteiger partial charge in [-0.05, 0) is 6.92 Å². The summed E-state index contributed by atoms with van der Waals surface area (Å²) in [6.45, 7) is 12.9. The molecule has 2 heterocycles. The van der Waals surface area contributed by atoms with Gasteiger partial charge in [0.1, 0.15) is 0 Å². The normalized spacial score (nSPS) is 24.4. The summed E-state index contributed by atoms with van der Waals surface area (Å²) in [6, 6.07) is 1.13. The van der Waals surface area contributed by atoms with Crippen LogP contribution in [0.3, 0.4) is 0 Å². The van der Waals surface area contributed by atoms with Crippen molar-refractivity contribution < 1.29 is 0 Å². The molecular formula is C14H27N5S. The lowest BCUT2D eigenvalue weighted by atomic mass is 10.2. The molecule has 1 N–H and O–H groups in total. The monoisotopic (exact) mass is 297 g/mol. The molecule has 0 aromatic carbocycles. The lowest BCUT2D eigenvalue weighted by Gasteiger charge is -2.37. The molecule has 1 aliphatic heterocycles. The highest BCUT2D eigenvalue weighted by Crippen LogP contribution is 2.23. The minimum Gasteiger partial charge on any atom is -0.309 e. The van der Waals surface area contributed by atoms with E-state index < -0.39 is 0 Å². The third kappa shape index (κ3) is 4.46. The molecule has 0 amide bonds. The molecule has 2 unspecified atom stereocenters. The van der Waals surface area contributed by atoms with E-state index in [9.17, 15) is 0 Å². The number of nitrogens with zero attached hydrogens (tertiary/aromatic N) is 4. The zero-order valence-corrected chi connectivity index (χ0v) is 13.9. The fourth-order valence-corrected chi connectivity index (χ4v) is 3.54. The Morgan fingerprint density at radius 3 is 2.95 bits per heavy atom. The van der Waals surface area contributed by atoms with Crippen LogP contribution in [0, 0.1) is 0 Å². The quantitative estimate of drug-likeness (QED) is 0.864. The third-order valence-electron chi connectivity index (χ3n) is 3.91. The molecule has 6 heteroatoms. The fourth-order valence-electron chi connectivity index (χ4n) is 2.38. The van der Waals surface area contributed by atoms with Gasteiger partial charge in [0.2, 0.25) is 0 Å². The maximum atomic E-state index is 4.22. The molecule has 0 saturated carbocycles. The van der Waals surface area contributed by atoms with Crippen molar-refractivity contribution in [3.63, 3.8) is 0 Å². The molecule has 20 heavy (non-hydrogen) atoms. The molecule has 1 saturated heterocycles. The van der Waals surface area contributed by atoms with Crippen molar-refractivity contribution >= 4 is 11.8 Å². The van der Waals surface area contributed by atoms with Crippen LogP contribution in [0.1, 0.15) is 33.4 Å². The van der Waals surface area contributed by atoms with E-state index in [1.807, 2.05) is 4.68 Å². The number of nitrogens with one attached hydrogen (secondary N) is 1. The van der Waals surface area contributed by atoms with Crippen molar-refractivity contribution in [2.45, 2.75) is 58.1 Å². The van der Waals surface area contributed by atoms with Crippen LogP contribution in [0.15, 0.2) is 6.20 Å². The van der Waals surface area contributed by atoms with E-state index in [1.165, 1.54) is 12.3 Å². The third-order valence-corrected chi connectivity index (χ3v) is 5.25. The molecule has 0 spiro atoms. The first-order valence-corrected chi connectivity index (χ1v) is 8.59. The summed E-state index contributed by atoms with van der Waals surface area (Å²) in [7, 11) is 0. The van der Waals surface area contributed by atoms with Crippen LogP contribution >= 0.6 is 11.8 Å². The van der Waals surface area contributed by atoms with Gasteiger partial charge in [0.15, 0.2) is 0 Å². The Hall–Kier alpha value is -0.590. The number of thioether (sulfide) groups is 1. The zero-order chi connectivity index (χ0) is 14.5. The van der Waals surface area contributed by atoms with Gasteiger partial charge in [-0.1, -0.05) is 26.0 Å². The Balaban J connectivity index is 1.79. The molecule has 1 aliphatic rings. The Morgan fingerprint density at radius 1 is 1.40 bits per heavy atom. The minimum absolute atomic E-state index is 0.480. The largest absolute Gasteiger partial charge is 0.309 e. The van der Waals surface area contributed by atoms with E-state index in [-0.39, 0.29) is 0 Å². The fraction of sp³-hybridized carbons (Fsp3) is 0.857. The van der Waals surface area contributed by atoms with Crippen LogP contribution in [-0.4, -0.2) is 56.1 Å². The topological polar surface area (TPSA) is 46.0 Å². The Morgan fingerprint density at radius 2 is 2.20 bits per heavy atom. The van der Waals surface area contributed by atoms with Crippen molar-refractivity contribution in [2.24, 2.45) is 0 Å². The van der Waals surface area contributed by atoms with Crippen LogP contribution in [0.5, 0.6) is 0 Å². The van der Waals surface area contributed by atoms with E-state index in [0.717, 1.165) is 30.6 Å². The molecule has 5 nitrogen and oxygen atoms in total. The van der Waals surface area contributed by atoms with E-state index in [2.05, 4.69) is 66.2 Å². The van der Waals surface area contributed by atoms with Crippen molar-refractivity contribution in [3.05, 3.63) is 11.9 Å². The van der Waals surface area contributed by atoms with Crippen LogP contribution in [0.2, 0.25) is 0 Å². The first-order valence-electron chi connectivity index (χ1n) is 7.54. The number of hydrogen-bond acceptors (Lipinski definition) is 5. The first kappa shape index (κ1) is 15.8. The van der Waals surface area contributed by atoms with Crippen molar-refractivity contribution in [2.75, 3.05) is 18.8 Å². The summed E-state index contributed by atoms with van der Waals surface area (Å²) in [4.78, 5) is 2.56. The smallest absolute Gasteiger partial charge is 0.0964 e. The Kier molecular flexibility index (Phi) is 5.86. The summed E-state index contributed by atoms with van der Waals surface area (Å²) in [6.07, 6.45) is 2.06. The Labute approximate surface area is 126 Å². The summed E-state index contributed by atoms with van der Waals surface area (Å²) < 4.78 is 1.97. The molecule has 2 rings (SSSR count). The SMILES string of the molecule is CC(C)NCc1cn(CCN2CCSC(C)C2C)nn1. The zero-order valence-electron chi connectivity index (χ0n) is 13.0. The lowest BCUT2D eigenvalue weighted by molar-refractivity contribution is 0.202. The van der Waals surface area contributed by atoms with Crippen LogP contribution in [-0.2, 0) is 13.1 Å². The molecule has 0 bridgehead atoms. The number of aromatic nitrogens is 3. The second kappa shape index (κ2) is 7.43. The van der Waals surface area contributed by atoms with Gasteiger partial charge in [0.05, 0.1) is 12.2 Å². The summed E-state index contributed by atoms with van der Waals surface area (Å²) in [5.41, 5.74) is 1.02. The van der Waals surface area contributed by atoms with Crippen LogP contribution in [0.25, 0.3) is 0 Å². The predicted molar refractivity (Wildman–Crippen MR) is 85.0 cm³/mol.